The Bertz CT molecular complexity index is 222. The van der Waals surface area contributed by atoms with E-state index in [2.05, 4.69) is 10.4 Å². The van der Waals surface area contributed by atoms with E-state index in [1.165, 1.54) is 0 Å². The topological polar surface area (TPSA) is 46.9 Å². The number of amides is 1. The molecule has 1 heterocycles. The molecule has 0 atom stereocenters. The number of aromatic nitrogens is 2. The van der Waals surface area contributed by atoms with E-state index in [1.54, 1.807) is 17.2 Å². The van der Waals surface area contributed by atoms with Crippen LogP contribution in [0.2, 0.25) is 0 Å². The molecule has 1 amide bonds. The Morgan fingerprint density at radius 3 is 2.90 bits per heavy atom. The van der Waals surface area contributed by atoms with Crippen molar-refractivity contribution in [1.29, 1.82) is 0 Å². The number of hydrogen-bond acceptors (Lipinski definition) is 2. The lowest BCUT2D eigenvalue weighted by Crippen LogP contribution is -1.96. The van der Waals surface area contributed by atoms with Crippen molar-refractivity contribution < 1.29 is 4.79 Å². The molecular formula is C6H8N3O. The molecule has 0 aliphatic carbocycles. The Balaban J connectivity index is 2.86. The zero-order valence-electron chi connectivity index (χ0n) is 5.88. The molecule has 10 heavy (non-hydrogen) atoms. The van der Waals surface area contributed by atoms with E-state index >= 15 is 0 Å². The van der Waals surface area contributed by atoms with Crippen LogP contribution in [-0.4, -0.2) is 16.2 Å². The standard InChI is InChI=1S/C6H8N3O/c1-5-3-6(7-4-10)8-9(5)2/h3H,1-2H3,(H,7,8,10). The second-order valence-corrected chi connectivity index (χ2v) is 2.02. The lowest BCUT2D eigenvalue weighted by atomic mass is 10.5. The molecular weight excluding hydrogens is 130 g/mol. The summed E-state index contributed by atoms with van der Waals surface area (Å²) in [6, 6.07) is 1.77. The van der Waals surface area contributed by atoms with Crippen molar-refractivity contribution in [1.82, 2.24) is 9.78 Å². The molecule has 0 aromatic carbocycles. The number of hydrogen-bond donors (Lipinski definition) is 1. The summed E-state index contributed by atoms with van der Waals surface area (Å²) in [7, 11) is 1.81. The maximum absolute atomic E-state index is 9.81. The summed E-state index contributed by atoms with van der Waals surface area (Å²) in [4.78, 5) is 9.81. The molecule has 4 nitrogen and oxygen atoms in total. The smallest absolute Gasteiger partial charge is 0.301 e. The Hall–Kier alpha value is -1.32. The Labute approximate surface area is 58.8 Å². The van der Waals surface area contributed by atoms with Gasteiger partial charge in [-0.25, -0.2) is 0 Å². The van der Waals surface area contributed by atoms with Gasteiger partial charge >= 0.3 is 6.41 Å². The molecule has 1 aromatic rings. The van der Waals surface area contributed by atoms with Gasteiger partial charge in [-0.3, -0.25) is 9.48 Å². The number of nitrogens with one attached hydrogen (secondary N) is 1. The summed E-state index contributed by atoms with van der Waals surface area (Å²) >= 11 is 0. The molecule has 1 N–H and O–H groups in total. The molecule has 0 bridgehead atoms. The third kappa shape index (κ3) is 1.15. The second kappa shape index (κ2) is 2.51. The van der Waals surface area contributed by atoms with Gasteiger partial charge in [-0.1, -0.05) is 0 Å². The van der Waals surface area contributed by atoms with Gasteiger partial charge in [0.25, 0.3) is 0 Å². The van der Waals surface area contributed by atoms with Crippen molar-refractivity contribution in [3.63, 3.8) is 0 Å². The van der Waals surface area contributed by atoms with Crippen molar-refractivity contribution in [3.8, 4) is 0 Å². The van der Waals surface area contributed by atoms with Crippen LogP contribution >= 0.6 is 0 Å². The lowest BCUT2D eigenvalue weighted by molar-refractivity contribution is 0.560. The van der Waals surface area contributed by atoms with Crippen LogP contribution in [-0.2, 0) is 11.8 Å². The molecule has 53 valence electrons. The summed E-state index contributed by atoms with van der Waals surface area (Å²) in [5.74, 6) is 0.537. The number of nitrogens with zero attached hydrogens (tertiary/aromatic N) is 2. The van der Waals surface area contributed by atoms with Gasteiger partial charge < -0.3 is 5.32 Å². The average molecular weight is 138 g/mol. The van der Waals surface area contributed by atoms with Gasteiger partial charge in [-0.2, -0.15) is 5.10 Å². The first-order chi connectivity index (χ1) is 4.74. The van der Waals surface area contributed by atoms with E-state index in [-0.39, 0.29) is 0 Å². The van der Waals surface area contributed by atoms with Crippen LogP contribution in [0.5, 0.6) is 0 Å². The highest BCUT2D eigenvalue weighted by molar-refractivity contribution is 5.69. The fourth-order valence-corrected chi connectivity index (χ4v) is 0.674. The van der Waals surface area contributed by atoms with Crippen LogP contribution in [0.3, 0.4) is 0 Å². The van der Waals surface area contributed by atoms with Crippen molar-refractivity contribution in [2.75, 3.05) is 5.32 Å². The first-order valence-corrected chi connectivity index (χ1v) is 2.88. The third-order valence-corrected chi connectivity index (χ3v) is 1.29. The van der Waals surface area contributed by atoms with E-state index in [1.807, 2.05) is 14.0 Å². The minimum atomic E-state index is 0.537. The SMILES string of the molecule is Cc1cc(N[C]=O)nn1C. The Morgan fingerprint density at radius 2 is 2.50 bits per heavy atom. The minimum absolute atomic E-state index is 0.537. The summed E-state index contributed by atoms with van der Waals surface area (Å²) in [6.45, 7) is 1.91. The molecule has 0 fully saturated rings. The van der Waals surface area contributed by atoms with E-state index in [0.717, 1.165) is 5.69 Å². The van der Waals surface area contributed by atoms with Crippen LogP contribution in [0.1, 0.15) is 5.69 Å². The highest BCUT2D eigenvalue weighted by Gasteiger charge is 1.97. The normalized spacial score (nSPS) is 9.40. The van der Waals surface area contributed by atoms with Gasteiger partial charge in [0.15, 0.2) is 5.82 Å². The molecule has 0 saturated carbocycles. The summed E-state index contributed by atoms with van der Waals surface area (Å²) in [5, 5.41) is 6.27. The average Bonchev–Trinajstić information content (AvgIpc) is 2.14. The molecule has 0 aliphatic rings. The fourth-order valence-electron chi connectivity index (χ4n) is 0.674. The van der Waals surface area contributed by atoms with Gasteiger partial charge in [0.2, 0.25) is 0 Å². The highest BCUT2D eigenvalue weighted by atomic mass is 16.1. The van der Waals surface area contributed by atoms with Crippen molar-refractivity contribution in [2.45, 2.75) is 6.92 Å². The summed E-state index contributed by atoms with van der Waals surface area (Å²) in [5.41, 5.74) is 0.998. The predicted octanol–water partition coefficient (Wildman–Crippen LogP) is 0.208. The maximum atomic E-state index is 9.81. The van der Waals surface area contributed by atoms with Crippen molar-refractivity contribution >= 4 is 12.2 Å². The van der Waals surface area contributed by atoms with Gasteiger partial charge in [-0.05, 0) is 6.92 Å². The van der Waals surface area contributed by atoms with Crippen LogP contribution in [0.25, 0.3) is 0 Å². The summed E-state index contributed by atoms with van der Waals surface area (Å²) in [6.07, 6.45) is 1.55. The largest absolute Gasteiger partial charge is 0.315 e. The van der Waals surface area contributed by atoms with E-state index < -0.39 is 0 Å². The maximum Gasteiger partial charge on any atom is 0.315 e. The van der Waals surface area contributed by atoms with Crippen LogP contribution < -0.4 is 5.32 Å². The van der Waals surface area contributed by atoms with Crippen LogP contribution in [0, 0.1) is 6.92 Å². The van der Waals surface area contributed by atoms with E-state index in [4.69, 9.17) is 0 Å². The molecule has 4 heteroatoms. The number of rotatable bonds is 2. The van der Waals surface area contributed by atoms with E-state index in [9.17, 15) is 4.79 Å². The first-order valence-electron chi connectivity index (χ1n) is 2.88. The van der Waals surface area contributed by atoms with Crippen LogP contribution in [0.15, 0.2) is 6.07 Å². The quantitative estimate of drug-likeness (QED) is 0.594. The molecule has 1 rings (SSSR count). The molecule has 1 radical (unpaired) electrons. The zero-order valence-corrected chi connectivity index (χ0v) is 5.88. The minimum Gasteiger partial charge on any atom is -0.301 e. The Morgan fingerprint density at radius 1 is 1.80 bits per heavy atom. The Kier molecular flexibility index (Phi) is 1.71. The van der Waals surface area contributed by atoms with Gasteiger partial charge in [0, 0.05) is 18.8 Å². The monoisotopic (exact) mass is 138 g/mol. The molecule has 0 aliphatic heterocycles. The highest BCUT2D eigenvalue weighted by Crippen LogP contribution is 2.04. The molecule has 0 saturated heterocycles. The van der Waals surface area contributed by atoms with Gasteiger partial charge in [-0.15, -0.1) is 0 Å². The lowest BCUT2D eigenvalue weighted by Gasteiger charge is -1.88. The van der Waals surface area contributed by atoms with Crippen molar-refractivity contribution in [2.24, 2.45) is 7.05 Å². The number of carbonyl (C=O) groups excluding carboxylic acids is 1. The number of aryl methyl sites for hydroxylation is 2. The summed E-state index contributed by atoms with van der Waals surface area (Å²) < 4.78 is 1.68. The number of anilines is 1. The second-order valence-electron chi connectivity index (χ2n) is 2.02. The van der Waals surface area contributed by atoms with Gasteiger partial charge in [0.05, 0.1) is 0 Å². The third-order valence-electron chi connectivity index (χ3n) is 1.29. The van der Waals surface area contributed by atoms with Gasteiger partial charge in [0.1, 0.15) is 0 Å². The zero-order chi connectivity index (χ0) is 7.56. The molecule has 0 unspecified atom stereocenters. The van der Waals surface area contributed by atoms with Crippen molar-refractivity contribution in [3.05, 3.63) is 11.8 Å². The molecule has 0 spiro atoms. The predicted molar refractivity (Wildman–Crippen MR) is 37.3 cm³/mol. The first kappa shape index (κ1) is 6.80. The molecule has 1 aromatic heterocycles. The van der Waals surface area contributed by atoms with E-state index in [0.29, 0.717) is 5.82 Å². The fraction of sp³-hybridized carbons (Fsp3) is 0.333. The van der Waals surface area contributed by atoms with Crippen LogP contribution in [0.4, 0.5) is 5.82 Å².